The minimum absolute atomic E-state index is 0.0935. The number of ketones is 1. The van der Waals surface area contributed by atoms with E-state index in [1.54, 1.807) is 27.5 Å². The molecule has 2 aromatic carbocycles. The van der Waals surface area contributed by atoms with Crippen LogP contribution in [-0.4, -0.2) is 41.7 Å². The molecule has 7 nitrogen and oxygen atoms in total. The molecule has 1 aliphatic carbocycles. The third kappa shape index (κ3) is 3.64. The van der Waals surface area contributed by atoms with Crippen LogP contribution in [0.25, 0.3) is 16.8 Å². The van der Waals surface area contributed by atoms with Crippen LogP contribution in [-0.2, 0) is 17.8 Å². The Bertz CT molecular complexity index is 1330. The summed E-state index contributed by atoms with van der Waals surface area (Å²) in [6, 6.07) is 15.9. The molecule has 1 aliphatic rings. The van der Waals surface area contributed by atoms with Gasteiger partial charge < -0.3 is 14.2 Å². The maximum absolute atomic E-state index is 13.0. The van der Waals surface area contributed by atoms with E-state index in [0.717, 1.165) is 28.1 Å². The summed E-state index contributed by atoms with van der Waals surface area (Å²) in [5.74, 6) is 1.47. The lowest BCUT2D eigenvalue weighted by Gasteiger charge is -2.24. The van der Waals surface area contributed by atoms with Gasteiger partial charge in [0.2, 0.25) is 0 Å². The number of rotatable bonds is 6. The Morgan fingerprint density at radius 2 is 1.79 bits per heavy atom. The molecular weight excluding hydrogens is 418 g/mol. The molecule has 0 saturated heterocycles. The Balaban J connectivity index is 1.69. The number of benzene rings is 2. The first-order chi connectivity index (χ1) is 16.1. The highest BCUT2D eigenvalue weighted by Crippen LogP contribution is 2.38. The van der Waals surface area contributed by atoms with Crippen molar-refractivity contribution in [2.24, 2.45) is 0 Å². The van der Waals surface area contributed by atoms with Crippen LogP contribution in [0.2, 0.25) is 0 Å². The second-order valence-electron chi connectivity index (χ2n) is 8.12. The van der Waals surface area contributed by atoms with E-state index in [1.807, 2.05) is 40.9 Å². The summed E-state index contributed by atoms with van der Waals surface area (Å²) >= 11 is 0. The number of hydrogen-bond acceptors (Lipinski definition) is 6. The molecule has 4 aromatic rings. The molecular formula is C26H25N3O4. The maximum atomic E-state index is 13.0. The van der Waals surface area contributed by atoms with Gasteiger partial charge in [-0.25, -0.2) is 9.50 Å². The van der Waals surface area contributed by atoms with Gasteiger partial charge in [-0.1, -0.05) is 36.4 Å². The maximum Gasteiger partial charge on any atom is 0.166 e. The summed E-state index contributed by atoms with van der Waals surface area (Å²) in [5, 5.41) is 4.86. The van der Waals surface area contributed by atoms with Gasteiger partial charge >= 0.3 is 0 Å². The van der Waals surface area contributed by atoms with Gasteiger partial charge in [-0.2, -0.15) is 5.10 Å². The number of hydrogen-bond donors (Lipinski definition) is 0. The van der Waals surface area contributed by atoms with Crippen molar-refractivity contribution in [3.63, 3.8) is 0 Å². The van der Waals surface area contributed by atoms with Crippen molar-refractivity contribution >= 4 is 11.4 Å². The molecule has 0 spiro atoms. The first-order valence-electron chi connectivity index (χ1n) is 10.8. The van der Waals surface area contributed by atoms with Crippen LogP contribution in [0.15, 0.2) is 54.7 Å². The summed E-state index contributed by atoms with van der Waals surface area (Å²) in [7, 11) is 4.86. The molecule has 0 unspecified atom stereocenters. The fraction of sp³-hybridized carbons (Fsp3) is 0.269. The van der Waals surface area contributed by atoms with Crippen LogP contribution in [0.5, 0.6) is 11.5 Å². The molecule has 0 saturated carbocycles. The van der Waals surface area contributed by atoms with Gasteiger partial charge in [0.25, 0.3) is 0 Å². The van der Waals surface area contributed by atoms with Gasteiger partial charge in [-0.15, -0.1) is 0 Å². The number of carbonyl (C=O) groups is 1. The number of carbonyl (C=O) groups excluding carboxylic acids is 1. The zero-order valence-electron chi connectivity index (χ0n) is 18.9. The molecule has 7 heteroatoms. The highest BCUT2D eigenvalue weighted by molar-refractivity contribution is 5.99. The van der Waals surface area contributed by atoms with Crippen LogP contribution >= 0.6 is 0 Å². The summed E-state index contributed by atoms with van der Waals surface area (Å²) < 4.78 is 18.2. The van der Waals surface area contributed by atoms with Crippen molar-refractivity contribution in [2.75, 3.05) is 21.3 Å². The molecule has 0 N–H and O–H groups in total. The van der Waals surface area contributed by atoms with Gasteiger partial charge in [-0.3, -0.25) is 4.79 Å². The molecule has 2 heterocycles. The minimum Gasteiger partial charge on any atom is -0.493 e. The molecule has 0 radical (unpaired) electrons. The normalized spacial score (nSPS) is 15.5. The first kappa shape index (κ1) is 21.2. The third-order valence-corrected chi connectivity index (χ3v) is 6.21. The number of aromatic nitrogens is 3. The van der Waals surface area contributed by atoms with E-state index in [-0.39, 0.29) is 11.7 Å². The van der Waals surface area contributed by atoms with E-state index < -0.39 is 0 Å². The van der Waals surface area contributed by atoms with Gasteiger partial charge in [0.15, 0.2) is 22.9 Å². The predicted molar refractivity (Wildman–Crippen MR) is 124 cm³/mol. The van der Waals surface area contributed by atoms with Gasteiger partial charge in [0.1, 0.15) is 0 Å². The Morgan fingerprint density at radius 3 is 2.52 bits per heavy atom. The summed E-state index contributed by atoms with van der Waals surface area (Å²) in [6.07, 6.45) is 2.87. The third-order valence-electron chi connectivity index (χ3n) is 6.21. The van der Waals surface area contributed by atoms with E-state index in [4.69, 9.17) is 19.3 Å². The predicted octanol–water partition coefficient (Wildman–Crippen LogP) is 4.47. The standard InChI is InChI=1S/C26H25N3O4/c1-31-15-20-25(17-9-10-23(32-2)24(13-17)33-3)26-27-14-19-21(29(26)28-20)11-18(12-22(19)30)16-7-5-4-6-8-16/h4-10,13-14,18H,11-12,15H2,1-3H3/t18-/m0/s1. The van der Waals surface area contributed by atoms with E-state index in [2.05, 4.69) is 17.1 Å². The lowest BCUT2D eigenvalue weighted by atomic mass is 9.82. The molecule has 33 heavy (non-hydrogen) atoms. The molecule has 0 amide bonds. The second kappa shape index (κ2) is 8.67. The van der Waals surface area contributed by atoms with Crippen LogP contribution < -0.4 is 9.47 Å². The molecule has 5 rings (SSSR count). The second-order valence-corrected chi connectivity index (χ2v) is 8.12. The Hall–Kier alpha value is -3.71. The molecule has 1 atom stereocenters. The van der Waals surface area contributed by atoms with Crippen molar-refractivity contribution in [1.82, 2.24) is 14.6 Å². The highest BCUT2D eigenvalue weighted by atomic mass is 16.5. The number of nitrogens with zero attached hydrogens (tertiary/aromatic N) is 3. The number of methoxy groups -OCH3 is 3. The SMILES string of the molecule is COCc1nn2c3c(cnc2c1-c1ccc(OC)c(OC)c1)C(=O)C[C@@H](c1ccccc1)C3. The smallest absolute Gasteiger partial charge is 0.166 e. The number of fused-ring (bicyclic) bond motifs is 3. The van der Waals surface area contributed by atoms with E-state index >= 15 is 0 Å². The van der Waals surface area contributed by atoms with Crippen molar-refractivity contribution in [3.05, 3.63) is 77.2 Å². The highest BCUT2D eigenvalue weighted by Gasteiger charge is 2.30. The Kier molecular flexibility index (Phi) is 5.56. The minimum atomic E-state index is 0.0935. The molecule has 0 bridgehead atoms. The number of ether oxygens (including phenoxy) is 3. The Morgan fingerprint density at radius 1 is 1.00 bits per heavy atom. The first-order valence-corrected chi connectivity index (χ1v) is 10.8. The fourth-order valence-electron chi connectivity index (χ4n) is 4.63. The van der Waals surface area contributed by atoms with Crippen molar-refractivity contribution in [2.45, 2.75) is 25.4 Å². The van der Waals surface area contributed by atoms with Crippen LogP contribution in [0, 0.1) is 0 Å². The summed E-state index contributed by atoms with van der Waals surface area (Å²) in [6.45, 7) is 0.317. The van der Waals surface area contributed by atoms with Crippen LogP contribution in [0.1, 0.15) is 39.6 Å². The number of Topliss-reactive ketones (excluding diaryl/α,β-unsaturated/α-hetero) is 1. The topological polar surface area (TPSA) is 75.0 Å². The molecule has 2 aromatic heterocycles. The fourth-order valence-corrected chi connectivity index (χ4v) is 4.63. The van der Waals surface area contributed by atoms with Crippen molar-refractivity contribution in [3.8, 4) is 22.6 Å². The average Bonchev–Trinajstić information content (AvgIpc) is 3.22. The Labute approximate surface area is 191 Å². The largest absolute Gasteiger partial charge is 0.493 e. The molecule has 168 valence electrons. The molecule has 0 aliphatic heterocycles. The molecule has 0 fully saturated rings. The van der Waals surface area contributed by atoms with E-state index in [1.165, 1.54) is 0 Å². The summed E-state index contributed by atoms with van der Waals surface area (Å²) in [5.41, 5.74) is 5.87. The van der Waals surface area contributed by atoms with Crippen molar-refractivity contribution in [1.29, 1.82) is 0 Å². The monoisotopic (exact) mass is 443 g/mol. The summed E-state index contributed by atoms with van der Waals surface area (Å²) in [4.78, 5) is 17.7. The lowest BCUT2D eigenvalue weighted by Crippen LogP contribution is -2.22. The van der Waals surface area contributed by atoms with Gasteiger partial charge in [0.05, 0.1) is 43.3 Å². The van der Waals surface area contributed by atoms with E-state index in [9.17, 15) is 4.79 Å². The van der Waals surface area contributed by atoms with Gasteiger partial charge in [0, 0.05) is 19.7 Å². The van der Waals surface area contributed by atoms with Crippen LogP contribution in [0.3, 0.4) is 0 Å². The van der Waals surface area contributed by atoms with Crippen LogP contribution in [0.4, 0.5) is 0 Å². The van der Waals surface area contributed by atoms with Gasteiger partial charge in [-0.05, 0) is 35.6 Å². The zero-order chi connectivity index (χ0) is 22.9. The lowest BCUT2D eigenvalue weighted by molar-refractivity contribution is 0.0962. The van der Waals surface area contributed by atoms with E-state index in [0.29, 0.717) is 42.2 Å². The zero-order valence-corrected chi connectivity index (χ0v) is 18.9. The van der Waals surface area contributed by atoms with Crippen molar-refractivity contribution < 1.29 is 19.0 Å². The average molecular weight is 444 g/mol. The quantitative estimate of drug-likeness (QED) is 0.438.